The molecule has 0 radical (unpaired) electrons. The van der Waals surface area contributed by atoms with Crippen LogP contribution in [0.2, 0.25) is 0 Å². The predicted molar refractivity (Wildman–Crippen MR) is 36.7 cm³/mol. The standard InChI is InChI=1S/C6H5N3O/c1-7-6-2-5-3-8-4-9(5)10-6/h2-4H,1H2. The molecule has 2 aromatic rings. The Morgan fingerprint density at radius 1 is 1.70 bits per heavy atom. The van der Waals surface area contributed by atoms with Gasteiger partial charge in [-0.15, -0.1) is 0 Å². The summed E-state index contributed by atoms with van der Waals surface area (Å²) in [6.07, 6.45) is 3.27. The quantitative estimate of drug-likeness (QED) is 0.552. The molecule has 0 N–H and O–H groups in total. The highest BCUT2D eigenvalue weighted by Gasteiger charge is 1.98. The summed E-state index contributed by atoms with van der Waals surface area (Å²) in [6, 6.07) is 1.76. The van der Waals surface area contributed by atoms with Crippen LogP contribution in [0.1, 0.15) is 0 Å². The van der Waals surface area contributed by atoms with E-state index in [1.807, 2.05) is 0 Å². The molecule has 0 amide bonds. The lowest BCUT2D eigenvalue weighted by atomic mass is 10.5. The van der Waals surface area contributed by atoms with Gasteiger partial charge in [-0.05, 0) is 6.72 Å². The highest BCUT2D eigenvalue weighted by atomic mass is 16.5. The van der Waals surface area contributed by atoms with Crippen LogP contribution in [-0.2, 0) is 0 Å². The van der Waals surface area contributed by atoms with Crippen molar-refractivity contribution in [3.63, 3.8) is 0 Å². The van der Waals surface area contributed by atoms with Crippen molar-refractivity contribution in [2.45, 2.75) is 0 Å². The summed E-state index contributed by atoms with van der Waals surface area (Å²) in [7, 11) is 0. The van der Waals surface area contributed by atoms with E-state index in [0.29, 0.717) is 5.88 Å². The van der Waals surface area contributed by atoms with E-state index in [1.165, 1.54) is 4.57 Å². The molecule has 0 aliphatic heterocycles. The van der Waals surface area contributed by atoms with Crippen molar-refractivity contribution in [1.29, 1.82) is 0 Å². The summed E-state index contributed by atoms with van der Waals surface area (Å²) in [5.74, 6) is 0.511. The van der Waals surface area contributed by atoms with E-state index in [2.05, 4.69) is 16.7 Å². The molecule has 0 bridgehead atoms. The second kappa shape index (κ2) is 1.70. The second-order valence-corrected chi connectivity index (χ2v) is 1.88. The number of nitrogens with zero attached hydrogens (tertiary/aromatic N) is 3. The molecule has 4 nitrogen and oxygen atoms in total. The fourth-order valence-corrected chi connectivity index (χ4v) is 0.799. The molecule has 0 saturated carbocycles. The first-order valence-corrected chi connectivity index (χ1v) is 2.79. The SMILES string of the molecule is C=Nc1cc2cncn2o1. The Morgan fingerprint density at radius 2 is 2.60 bits per heavy atom. The number of hydrogen-bond donors (Lipinski definition) is 0. The summed E-state index contributed by atoms with van der Waals surface area (Å²) in [5, 5.41) is 0. The van der Waals surface area contributed by atoms with Crippen LogP contribution in [-0.4, -0.2) is 16.3 Å². The molecule has 50 valence electrons. The highest BCUT2D eigenvalue weighted by molar-refractivity contribution is 5.51. The van der Waals surface area contributed by atoms with Crippen molar-refractivity contribution < 1.29 is 4.52 Å². The molecule has 10 heavy (non-hydrogen) atoms. The molecule has 0 spiro atoms. The number of aliphatic imine (C=N–C) groups is 1. The maximum absolute atomic E-state index is 5.08. The lowest BCUT2D eigenvalue weighted by Crippen LogP contribution is -1.66. The van der Waals surface area contributed by atoms with Crippen molar-refractivity contribution in [2.24, 2.45) is 4.99 Å². The van der Waals surface area contributed by atoms with E-state index in [4.69, 9.17) is 4.52 Å². The van der Waals surface area contributed by atoms with Crippen LogP contribution in [0.5, 0.6) is 0 Å². The largest absolute Gasteiger partial charge is 0.353 e. The van der Waals surface area contributed by atoms with Crippen LogP contribution in [0.3, 0.4) is 0 Å². The summed E-state index contributed by atoms with van der Waals surface area (Å²) < 4.78 is 6.61. The fraction of sp³-hybridized carbons (Fsp3) is 0. The zero-order valence-electron chi connectivity index (χ0n) is 5.19. The molecule has 0 atom stereocenters. The van der Waals surface area contributed by atoms with Gasteiger partial charge in [-0.2, -0.15) is 4.57 Å². The summed E-state index contributed by atoms with van der Waals surface area (Å²) in [5.41, 5.74) is 0.891. The number of fused-ring (bicyclic) bond motifs is 1. The van der Waals surface area contributed by atoms with Crippen molar-refractivity contribution in [1.82, 2.24) is 9.56 Å². The van der Waals surface area contributed by atoms with Crippen LogP contribution < -0.4 is 0 Å². The van der Waals surface area contributed by atoms with E-state index in [0.717, 1.165) is 5.52 Å². The van der Waals surface area contributed by atoms with E-state index < -0.39 is 0 Å². The number of hydrogen-bond acceptors (Lipinski definition) is 3. The third kappa shape index (κ3) is 0.556. The maximum atomic E-state index is 5.08. The van der Waals surface area contributed by atoms with Gasteiger partial charge in [0.05, 0.1) is 6.20 Å². The van der Waals surface area contributed by atoms with Gasteiger partial charge in [-0.1, -0.05) is 0 Å². The average Bonchev–Trinajstić information content (AvgIpc) is 2.42. The van der Waals surface area contributed by atoms with Crippen LogP contribution in [0.15, 0.2) is 28.1 Å². The van der Waals surface area contributed by atoms with Gasteiger partial charge in [0.2, 0.25) is 5.88 Å². The van der Waals surface area contributed by atoms with E-state index in [-0.39, 0.29) is 0 Å². The monoisotopic (exact) mass is 135 g/mol. The zero-order chi connectivity index (χ0) is 6.97. The Labute approximate surface area is 56.8 Å². The highest BCUT2D eigenvalue weighted by Crippen LogP contribution is 2.15. The Hall–Kier alpha value is -1.58. The minimum Gasteiger partial charge on any atom is -0.353 e. The van der Waals surface area contributed by atoms with Crippen molar-refractivity contribution in [3.05, 3.63) is 18.6 Å². The normalized spacial score (nSPS) is 10.4. The van der Waals surface area contributed by atoms with Gasteiger partial charge in [0.25, 0.3) is 0 Å². The third-order valence-corrected chi connectivity index (χ3v) is 1.25. The van der Waals surface area contributed by atoms with Crippen LogP contribution in [0, 0.1) is 0 Å². The van der Waals surface area contributed by atoms with Crippen LogP contribution >= 0.6 is 0 Å². The van der Waals surface area contributed by atoms with Gasteiger partial charge < -0.3 is 4.52 Å². The van der Waals surface area contributed by atoms with Gasteiger partial charge in [0.15, 0.2) is 0 Å². The van der Waals surface area contributed by atoms with E-state index in [1.54, 1.807) is 18.6 Å². The topological polar surface area (TPSA) is 42.8 Å². The van der Waals surface area contributed by atoms with Gasteiger partial charge >= 0.3 is 0 Å². The van der Waals surface area contributed by atoms with Crippen LogP contribution in [0.4, 0.5) is 5.88 Å². The minimum absolute atomic E-state index is 0.511. The molecule has 0 aliphatic carbocycles. The molecule has 0 fully saturated rings. The van der Waals surface area contributed by atoms with Gasteiger partial charge in [-0.3, -0.25) is 0 Å². The van der Waals surface area contributed by atoms with Crippen molar-refractivity contribution in [3.8, 4) is 0 Å². The third-order valence-electron chi connectivity index (χ3n) is 1.25. The first-order chi connectivity index (χ1) is 4.90. The van der Waals surface area contributed by atoms with Crippen molar-refractivity contribution >= 4 is 18.1 Å². The fourth-order valence-electron chi connectivity index (χ4n) is 0.799. The van der Waals surface area contributed by atoms with Crippen LogP contribution in [0.25, 0.3) is 5.52 Å². The molecule has 2 aromatic heterocycles. The first-order valence-electron chi connectivity index (χ1n) is 2.79. The lowest BCUT2D eigenvalue weighted by molar-refractivity contribution is 0.386. The summed E-state index contributed by atoms with van der Waals surface area (Å²) in [6.45, 7) is 3.33. The number of rotatable bonds is 1. The lowest BCUT2D eigenvalue weighted by Gasteiger charge is -1.77. The maximum Gasteiger partial charge on any atom is 0.248 e. The molecular weight excluding hydrogens is 130 g/mol. The second-order valence-electron chi connectivity index (χ2n) is 1.88. The first kappa shape index (κ1) is 5.22. The molecule has 0 unspecified atom stereocenters. The number of imidazole rings is 1. The Morgan fingerprint density at radius 3 is 3.30 bits per heavy atom. The summed E-state index contributed by atoms with van der Waals surface area (Å²) in [4.78, 5) is 7.46. The Kier molecular flexibility index (Phi) is 0.887. The number of aromatic nitrogens is 2. The zero-order valence-corrected chi connectivity index (χ0v) is 5.19. The molecule has 0 saturated heterocycles. The van der Waals surface area contributed by atoms with E-state index >= 15 is 0 Å². The van der Waals surface area contributed by atoms with Gasteiger partial charge in [0, 0.05) is 6.07 Å². The molecular formula is C6H5N3O. The summed E-state index contributed by atoms with van der Waals surface area (Å²) >= 11 is 0. The molecule has 2 heterocycles. The van der Waals surface area contributed by atoms with Gasteiger partial charge in [0.1, 0.15) is 11.8 Å². The smallest absolute Gasteiger partial charge is 0.248 e. The van der Waals surface area contributed by atoms with Gasteiger partial charge in [-0.25, -0.2) is 9.98 Å². The Bertz CT molecular complexity index is 331. The van der Waals surface area contributed by atoms with Crippen molar-refractivity contribution in [2.75, 3.05) is 0 Å². The molecule has 0 aromatic carbocycles. The predicted octanol–water partition coefficient (Wildman–Crippen LogP) is 1.26. The molecule has 0 aliphatic rings. The molecule has 4 heteroatoms. The Balaban J connectivity index is 2.78. The molecule has 2 rings (SSSR count). The van der Waals surface area contributed by atoms with E-state index in [9.17, 15) is 0 Å². The minimum atomic E-state index is 0.511. The average molecular weight is 135 g/mol.